The zero-order valence-corrected chi connectivity index (χ0v) is 19.2. The Hall–Kier alpha value is -1.50. The van der Waals surface area contributed by atoms with Crippen molar-refractivity contribution in [2.24, 2.45) is 16.4 Å². The van der Waals surface area contributed by atoms with E-state index >= 15 is 0 Å². The number of anilines is 1. The molecular weight excluding hydrogens is 495 g/mol. The number of carbonyl (C=O) groups is 1. The molecule has 28 heavy (non-hydrogen) atoms. The smallest absolute Gasteiger partial charge is 0.330 e. The number of nitriles is 1. The van der Waals surface area contributed by atoms with Crippen LogP contribution in [-0.2, 0) is 9.63 Å². The molecule has 0 radical (unpaired) electrons. The molecule has 0 aromatic heterocycles. The highest BCUT2D eigenvalue weighted by Crippen LogP contribution is 2.32. The molecule has 0 bridgehead atoms. The Kier molecular flexibility index (Phi) is 7.98. The lowest BCUT2D eigenvalue weighted by molar-refractivity contribution is -0.204. The number of nitrogens with one attached hydrogen (secondary N) is 1. The first kappa shape index (κ1) is 22.8. The molecule has 1 aliphatic heterocycles. The van der Waals surface area contributed by atoms with E-state index in [0.717, 1.165) is 18.6 Å². The molecule has 0 amide bonds. The number of hydrogen-bond donors (Lipinski definition) is 1. The molecule has 0 unspecified atom stereocenters. The van der Waals surface area contributed by atoms with Crippen molar-refractivity contribution in [1.82, 2.24) is 5.06 Å². The maximum absolute atomic E-state index is 13.4. The van der Waals surface area contributed by atoms with Gasteiger partial charge in [0, 0.05) is 28.0 Å². The average molecular weight is 518 g/mol. The molecule has 0 atom stereocenters. The Morgan fingerprint density at radius 2 is 1.93 bits per heavy atom. The highest BCUT2D eigenvalue weighted by molar-refractivity contribution is 9.11. The van der Waals surface area contributed by atoms with Crippen LogP contribution in [0.2, 0.25) is 0 Å². The van der Waals surface area contributed by atoms with Crippen LogP contribution in [0.3, 0.4) is 0 Å². The number of hydrazone groups is 1. The van der Waals surface area contributed by atoms with Crippen molar-refractivity contribution >= 4 is 49.2 Å². The van der Waals surface area contributed by atoms with Crippen LogP contribution in [0.15, 0.2) is 26.2 Å². The molecule has 0 spiro atoms. The summed E-state index contributed by atoms with van der Waals surface area (Å²) in [5.41, 5.74) is 3.70. The number of carbonyl (C=O) groups excluding carboxylic acids is 1. The van der Waals surface area contributed by atoms with E-state index < -0.39 is 5.41 Å². The summed E-state index contributed by atoms with van der Waals surface area (Å²) in [6.07, 6.45) is 1.65. The third-order valence-corrected chi connectivity index (χ3v) is 5.58. The van der Waals surface area contributed by atoms with Gasteiger partial charge < -0.3 is 4.84 Å². The van der Waals surface area contributed by atoms with Gasteiger partial charge in [0.25, 0.3) is 0 Å². The van der Waals surface area contributed by atoms with E-state index in [1.807, 2.05) is 20.8 Å². The number of hydrogen-bond acceptors (Lipinski definition) is 6. The number of hydroxylamine groups is 2. The van der Waals surface area contributed by atoms with E-state index in [2.05, 4.69) is 48.5 Å². The van der Waals surface area contributed by atoms with E-state index in [1.54, 1.807) is 5.06 Å². The first-order chi connectivity index (χ1) is 13.1. The Morgan fingerprint density at radius 3 is 2.43 bits per heavy atom. The Balaban J connectivity index is 2.03. The lowest BCUT2D eigenvalue weighted by Crippen LogP contribution is -2.40. The molecule has 1 aliphatic rings. The summed E-state index contributed by atoms with van der Waals surface area (Å²) < 4.78 is 14.5. The number of piperidine rings is 1. The van der Waals surface area contributed by atoms with Crippen molar-refractivity contribution in [3.8, 4) is 6.07 Å². The predicted octanol–water partition coefficient (Wildman–Crippen LogP) is 5.25. The molecular formula is C19H23Br2FN4O2. The lowest BCUT2D eigenvalue weighted by atomic mass is 9.91. The maximum atomic E-state index is 13.4. The molecule has 152 valence electrons. The van der Waals surface area contributed by atoms with Crippen LogP contribution in [0.5, 0.6) is 0 Å². The molecule has 1 saturated heterocycles. The van der Waals surface area contributed by atoms with Gasteiger partial charge in [-0.2, -0.15) is 10.4 Å². The SMILES string of the molecule is CC(C)(C)C(=O)ON1CCC(C(CC#N)=NNc2c(Br)cc(F)cc2Br)CC1. The molecule has 1 aromatic carbocycles. The number of nitrogens with zero attached hydrogens (tertiary/aromatic N) is 3. The van der Waals surface area contributed by atoms with Gasteiger partial charge in [0.1, 0.15) is 5.82 Å². The van der Waals surface area contributed by atoms with Gasteiger partial charge >= 0.3 is 5.97 Å². The van der Waals surface area contributed by atoms with Gasteiger partial charge in [-0.25, -0.2) is 9.18 Å². The highest BCUT2D eigenvalue weighted by atomic mass is 79.9. The predicted molar refractivity (Wildman–Crippen MR) is 113 cm³/mol. The van der Waals surface area contributed by atoms with E-state index in [-0.39, 0.29) is 24.1 Å². The molecule has 2 rings (SSSR count). The zero-order valence-electron chi connectivity index (χ0n) is 16.1. The normalized spacial score (nSPS) is 16.5. The Morgan fingerprint density at radius 1 is 1.36 bits per heavy atom. The van der Waals surface area contributed by atoms with Crippen LogP contribution in [0.4, 0.5) is 10.1 Å². The van der Waals surface area contributed by atoms with Gasteiger partial charge in [-0.15, -0.1) is 5.06 Å². The van der Waals surface area contributed by atoms with Crippen molar-refractivity contribution < 1.29 is 14.0 Å². The highest BCUT2D eigenvalue weighted by Gasteiger charge is 2.29. The van der Waals surface area contributed by atoms with Crippen molar-refractivity contribution in [3.05, 3.63) is 26.9 Å². The molecule has 0 aliphatic carbocycles. The first-order valence-electron chi connectivity index (χ1n) is 8.93. The Bertz CT molecular complexity index is 771. The summed E-state index contributed by atoms with van der Waals surface area (Å²) in [6.45, 7) is 6.62. The van der Waals surface area contributed by atoms with E-state index in [9.17, 15) is 9.18 Å². The van der Waals surface area contributed by atoms with E-state index in [1.165, 1.54) is 12.1 Å². The van der Waals surface area contributed by atoms with Crippen molar-refractivity contribution in [2.45, 2.75) is 40.0 Å². The minimum absolute atomic E-state index is 0.106. The number of rotatable bonds is 5. The summed E-state index contributed by atoms with van der Waals surface area (Å²) in [7, 11) is 0. The van der Waals surface area contributed by atoms with E-state index in [0.29, 0.717) is 27.7 Å². The molecule has 9 heteroatoms. The second-order valence-electron chi connectivity index (χ2n) is 7.63. The van der Waals surface area contributed by atoms with Gasteiger partial charge in [-0.3, -0.25) is 5.43 Å². The minimum Gasteiger partial charge on any atom is -0.367 e. The fraction of sp³-hybridized carbons (Fsp3) is 0.526. The van der Waals surface area contributed by atoms with Gasteiger partial charge in [0.2, 0.25) is 0 Å². The molecule has 1 aromatic rings. The summed E-state index contributed by atoms with van der Waals surface area (Å²) in [4.78, 5) is 17.5. The van der Waals surface area contributed by atoms with Crippen LogP contribution < -0.4 is 5.43 Å². The standard InChI is InChI=1S/C19H23Br2FN4O2/c1-19(2,3)18(27)28-26-8-5-12(6-9-26)16(4-7-23)24-25-17-14(20)10-13(22)11-15(17)21/h10-12,25H,4-6,8-9H2,1-3H3. The van der Waals surface area contributed by atoms with Gasteiger partial charge in [-0.05, 0) is 77.6 Å². The summed E-state index contributed by atoms with van der Waals surface area (Å²) in [6, 6.07) is 4.83. The summed E-state index contributed by atoms with van der Waals surface area (Å²) in [5.74, 6) is -0.526. The summed E-state index contributed by atoms with van der Waals surface area (Å²) >= 11 is 6.62. The largest absolute Gasteiger partial charge is 0.367 e. The minimum atomic E-state index is -0.551. The fourth-order valence-corrected chi connectivity index (χ4v) is 3.98. The first-order valence-corrected chi connectivity index (χ1v) is 10.5. The molecule has 6 nitrogen and oxygen atoms in total. The topological polar surface area (TPSA) is 77.7 Å². The van der Waals surface area contributed by atoms with Crippen molar-refractivity contribution in [2.75, 3.05) is 18.5 Å². The van der Waals surface area contributed by atoms with Crippen LogP contribution >= 0.6 is 31.9 Å². The lowest BCUT2D eigenvalue weighted by Gasteiger charge is -2.32. The third kappa shape index (κ3) is 6.26. The number of benzene rings is 1. The van der Waals surface area contributed by atoms with Gasteiger partial charge in [0.05, 0.1) is 29.3 Å². The zero-order chi connectivity index (χ0) is 20.9. The van der Waals surface area contributed by atoms with Crippen LogP contribution in [0.1, 0.15) is 40.0 Å². The van der Waals surface area contributed by atoms with Crippen LogP contribution in [-0.4, -0.2) is 29.8 Å². The quantitative estimate of drug-likeness (QED) is 0.426. The van der Waals surface area contributed by atoms with E-state index in [4.69, 9.17) is 10.1 Å². The van der Waals surface area contributed by atoms with Crippen LogP contribution in [0, 0.1) is 28.5 Å². The van der Waals surface area contributed by atoms with Crippen molar-refractivity contribution in [3.63, 3.8) is 0 Å². The fourth-order valence-electron chi connectivity index (χ4n) is 2.67. The second kappa shape index (κ2) is 9.81. The Labute approximate surface area is 181 Å². The molecule has 1 fully saturated rings. The number of halogens is 3. The third-order valence-electron chi connectivity index (χ3n) is 4.33. The van der Waals surface area contributed by atoms with Crippen LogP contribution in [0.25, 0.3) is 0 Å². The molecule has 0 saturated carbocycles. The average Bonchev–Trinajstić information content (AvgIpc) is 2.59. The molecule has 1 N–H and O–H groups in total. The second-order valence-corrected chi connectivity index (χ2v) is 9.33. The molecule has 1 heterocycles. The maximum Gasteiger partial charge on any atom is 0.330 e. The van der Waals surface area contributed by atoms with Crippen molar-refractivity contribution in [1.29, 1.82) is 5.26 Å². The monoisotopic (exact) mass is 516 g/mol. The van der Waals surface area contributed by atoms with Gasteiger partial charge in [0.15, 0.2) is 0 Å². The van der Waals surface area contributed by atoms with Gasteiger partial charge in [-0.1, -0.05) is 0 Å². The summed E-state index contributed by atoms with van der Waals surface area (Å²) in [5, 5.41) is 15.3.